The molecule has 2 N–H and O–H groups in total. The minimum Gasteiger partial charge on any atom is -0.491 e. The van der Waals surface area contributed by atoms with E-state index in [0.29, 0.717) is 5.75 Å². The predicted octanol–water partition coefficient (Wildman–Crippen LogP) is 6.36. The van der Waals surface area contributed by atoms with Gasteiger partial charge in [0.25, 0.3) is 10.1 Å². The summed E-state index contributed by atoms with van der Waals surface area (Å²) < 4.78 is 35.6. The Morgan fingerprint density at radius 1 is 0.711 bits per heavy atom. The number of rotatable bonds is 14. The van der Waals surface area contributed by atoms with Crippen LogP contribution in [-0.4, -0.2) is 38.7 Å². The van der Waals surface area contributed by atoms with Gasteiger partial charge in [-0.25, -0.2) is 0 Å². The Balaban J connectivity index is 1.31. The van der Waals surface area contributed by atoms with Crippen LogP contribution in [0.2, 0.25) is 0 Å². The minimum absolute atomic E-state index is 0.0253. The molecule has 0 bridgehead atoms. The second-order valence-corrected chi connectivity index (χ2v) is 12.3. The number of ether oxygens (including phenoxy) is 1. The van der Waals surface area contributed by atoms with Gasteiger partial charge in [-0.1, -0.05) is 121 Å². The fraction of sp³-hybridized carbons (Fsp3) is 0.162. The van der Waals surface area contributed by atoms with Gasteiger partial charge in [-0.05, 0) is 59.9 Å². The molecule has 0 fully saturated rings. The highest BCUT2D eigenvalue weighted by molar-refractivity contribution is 7.86. The molecule has 45 heavy (non-hydrogen) atoms. The van der Waals surface area contributed by atoms with Crippen LogP contribution in [0.1, 0.15) is 27.8 Å². The summed E-state index contributed by atoms with van der Waals surface area (Å²) in [6.07, 6.45) is 0.210. The Morgan fingerprint density at radius 3 is 1.67 bits per heavy atom. The molecule has 0 aliphatic carbocycles. The standard InChI is InChI=1S/C37H35NO6S/c1-28-17-23-34(24-18-28)45(41,42)44-26-25-43-33-21-19-29(20-22-33)27-35(36(39)40)38-37(30-11-5-2-6-12-30,31-13-7-3-8-14-31)32-15-9-4-10-16-32/h2-24,35,38H,25-27H2,1H3,(H,39,40)/t35-/m0/s1. The smallest absolute Gasteiger partial charge is 0.321 e. The van der Waals surface area contributed by atoms with Gasteiger partial charge in [-0.2, -0.15) is 8.42 Å². The molecule has 0 aliphatic heterocycles. The quantitative estimate of drug-likeness (QED) is 0.0846. The van der Waals surface area contributed by atoms with Gasteiger partial charge in [0.15, 0.2) is 0 Å². The molecular formula is C37H35NO6S. The van der Waals surface area contributed by atoms with Crippen LogP contribution in [0.4, 0.5) is 0 Å². The van der Waals surface area contributed by atoms with E-state index in [1.807, 2.05) is 110 Å². The highest BCUT2D eigenvalue weighted by Crippen LogP contribution is 2.37. The number of hydrogen-bond acceptors (Lipinski definition) is 6. The molecule has 0 saturated heterocycles. The largest absolute Gasteiger partial charge is 0.491 e. The maximum absolute atomic E-state index is 12.8. The van der Waals surface area contributed by atoms with Gasteiger partial charge in [0.2, 0.25) is 0 Å². The first-order valence-corrected chi connectivity index (χ1v) is 16.0. The van der Waals surface area contributed by atoms with E-state index in [4.69, 9.17) is 8.92 Å². The van der Waals surface area contributed by atoms with Gasteiger partial charge in [-0.15, -0.1) is 0 Å². The summed E-state index contributed by atoms with van der Waals surface area (Å²) in [6, 6.07) is 42.2. The summed E-state index contributed by atoms with van der Waals surface area (Å²) in [5.41, 5.74) is 3.57. The third-order valence-electron chi connectivity index (χ3n) is 7.57. The van der Waals surface area contributed by atoms with Crippen LogP contribution in [0.3, 0.4) is 0 Å². The van der Waals surface area contributed by atoms with Gasteiger partial charge in [0, 0.05) is 0 Å². The summed E-state index contributed by atoms with van der Waals surface area (Å²) in [5, 5.41) is 14.0. The molecule has 0 radical (unpaired) electrons. The molecule has 0 aliphatic rings. The molecule has 0 amide bonds. The SMILES string of the molecule is Cc1ccc(S(=O)(=O)OCCOc2ccc(C[C@H](NC(c3ccccc3)(c3ccccc3)c3ccccc3)C(=O)O)cc2)cc1. The number of aryl methyl sites for hydroxylation is 1. The van der Waals surface area contributed by atoms with Gasteiger partial charge in [0.1, 0.15) is 25.0 Å². The average molecular weight is 622 g/mol. The summed E-state index contributed by atoms with van der Waals surface area (Å²) in [5.74, 6) is -0.462. The van der Waals surface area contributed by atoms with Crippen molar-refractivity contribution in [2.45, 2.75) is 29.8 Å². The zero-order chi connectivity index (χ0) is 31.7. The molecular weight excluding hydrogens is 586 g/mol. The van der Waals surface area contributed by atoms with Crippen molar-refractivity contribution >= 4 is 16.1 Å². The molecule has 0 spiro atoms. The summed E-state index contributed by atoms with van der Waals surface area (Å²) in [6.45, 7) is 1.75. The van der Waals surface area contributed by atoms with E-state index in [0.717, 1.165) is 27.8 Å². The fourth-order valence-electron chi connectivity index (χ4n) is 5.31. The Morgan fingerprint density at radius 2 is 1.20 bits per heavy atom. The summed E-state index contributed by atoms with van der Waals surface area (Å²) in [7, 11) is -3.88. The van der Waals surface area contributed by atoms with E-state index in [1.165, 1.54) is 12.1 Å². The Hall–Kier alpha value is -4.76. The molecule has 8 heteroatoms. The molecule has 0 unspecified atom stereocenters. The molecule has 0 heterocycles. The van der Waals surface area contributed by atoms with Crippen LogP contribution in [-0.2, 0) is 31.1 Å². The Kier molecular flexibility index (Phi) is 10.1. The topological polar surface area (TPSA) is 102 Å². The van der Waals surface area contributed by atoms with E-state index >= 15 is 0 Å². The van der Waals surface area contributed by atoms with E-state index in [9.17, 15) is 18.3 Å². The van der Waals surface area contributed by atoms with Crippen LogP contribution >= 0.6 is 0 Å². The second kappa shape index (κ2) is 14.3. The van der Waals surface area contributed by atoms with Crippen LogP contribution in [0.15, 0.2) is 144 Å². The van der Waals surface area contributed by atoms with Gasteiger partial charge in [-0.3, -0.25) is 14.3 Å². The van der Waals surface area contributed by atoms with Crippen molar-refractivity contribution in [2.75, 3.05) is 13.2 Å². The predicted molar refractivity (Wildman–Crippen MR) is 174 cm³/mol. The van der Waals surface area contributed by atoms with Crippen molar-refractivity contribution in [1.29, 1.82) is 0 Å². The molecule has 7 nitrogen and oxygen atoms in total. The van der Waals surface area contributed by atoms with Crippen molar-refractivity contribution in [3.8, 4) is 5.75 Å². The van der Waals surface area contributed by atoms with Crippen LogP contribution in [0.5, 0.6) is 5.75 Å². The van der Waals surface area contributed by atoms with E-state index in [1.54, 1.807) is 24.3 Å². The number of carboxylic acids is 1. The number of aliphatic carboxylic acids is 1. The first-order valence-electron chi connectivity index (χ1n) is 14.6. The molecule has 5 aromatic carbocycles. The maximum atomic E-state index is 12.8. The van der Waals surface area contributed by atoms with Crippen LogP contribution in [0.25, 0.3) is 0 Å². The molecule has 0 saturated carbocycles. The molecule has 0 aromatic heterocycles. The van der Waals surface area contributed by atoms with Crippen molar-refractivity contribution in [2.24, 2.45) is 0 Å². The first kappa shape index (κ1) is 31.7. The molecule has 1 atom stereocenters. The average Bonchev–Trinajstić information content (AvgIpc) is 3.07. The van der Waals surface area contributed by atoms with Crippen molar-refractivity contribution in [1.82, 2.24) is 5.32 Å². The highest BCUT2D eigenvalue weighted by Gasteiger charge is 2.39. The fourth-order valence-corrected chi connectivity index (χ4v) is 6.20. The maximum Gasteiger partial charge on any atom is 0.321 e. The van der Waals surface area contributed by atoms with Gasteiger partial charge < -0.3 is 9.84 Å². The molecule has 5 aromatic rings. The van der Waals surface area contributed by atoms with Gasteiger partial charge in [0.05, 0.1) is 10.4 Å². The number of nitrogens with one attached hydrogen (secondary N) is 1. The van der Waals surface area contributed by atoms with E-state index < -0.39 is 27.7 Å². The van der Waals surface area contributed by atoms with Crippen molar-refractivity contribution in [3.05, 3.63) is 167 Å². The monoisotopic (exact) mass is 621 g/mol. The summed E-state index contributed by atoms with van der Waals surface area (Å²) >= 11 is 0. The third-order valence-corrected chi connectivity index (χ3v) is 8.90. The first-order chi connectivity index (χ1) is 21.8. The molecule has 5 rings (SSSR count). The lowest BCUT2D eigenvalue weighted by Crippen LogP contribution is -2.53. The normalized spacial score (nSPS) is 12.4. The number of benzene rings is 5. The lowest BCUT2D eigenvalue weighted by atomic mass is 9.76. The zero-order valence-corrected chi connectivity index (χ0v) is 25.7. The van der Waals surface area contributed by atoms with Crippen molar-refractivity contribution < 1.29 is 27.2 Å². The number of carbonyl (C=O) groups is 1. The van der Waals surface area contributed by atoms with Crippen molar-refractivity contribution in [3.63, 3.8) is 0 Å². The highest BCUT2D eigenvalue weighted by atomic mass is 32.2. The number of carboxylic acid groups (broad SMARTS) is 1. The summed E-state index contributed by atoms with van der Waals surface area (Å²) in [4.78, 5) is 12.9. The minimum atomic E-state index is -3.88. The second-order valence-electron chi connectivity index (χ2n) is 10.7. The zero-order valence-electron chi connectivity index (χ0n) is 24.9. The van der Waals surface area contributed by atoms with Crippen LogP contribution in [0, 0.1) is 6.92 Å². The van der Waals surface area contributed by atoms with E-state index in [-0.39, 0.29) is 24.5 Å². The third kappa shape index (κ3) is 7.67. The Bertz CT molecular complexity index is 1680. The van der Waals surface area contributed by atoms with E-state index in [2.05, 4.69) is 5.32 Å². The van der Waals surface area contributed by atoms with Crippen LogP contribution < -0.4 is 10.1 Å². The lowest BCUT2D eigenvalue weighted by Gasteiger charge is -2.39. The molecule has 230 valence electrons. The lowest BCUT2D eigenvalue weighted by molar-refractivity contribution is -0.139. The Labute approximate surface area is 264 Å². The number of hydrogen-bond donors (Lipinski definition) is 2. The van der Waals surface area contributed by atoms with Gasteiger partial charge >= 0.3 is 5.97 Å².